The molecule has 3 rings (SSSR count). The summed E-state index contributed by atoms with van der Waals surface area (Å²) in [5, 5.41) is 0. The highest BCUT2D eigenvalue weighted by Crippen LogP contribution is 2.28. The lowest BCUT2D eigenvalue weighted by Crippen LogP contribution is -2.01. The average Bonchev–Trinajstić information content (AvgIpc) is 2.88. The van der Waals surface area contributed by atoms with Crippen LogP contribution in [0.25, 0.3) is 16.9 Å². The van der Waals surface area contributed by atoms with Crippen molar-refractivity contribution in [3.05, 3.63) is 58.6 Å². The topological polar surface area (TPSA) is 43.6 Å². The van der Waals surface area contributed by atoms with Gasteiger partial charge in [-0.1, -0.05) is 0 Å². The van der Waals surface area contributed by atoms with Crippen LogP contribution in [0.2, 0.25) is 0 Å². The Hall–Kier alpha value is -2.21. The Bertz CT molecular complexity index is 845. The molecule has 0 spiro atoms. The Kier molecular flexibility index (Phi) is 3.47. The number of esters is 1. The molecule has 3 aromatic rings. The number of aromatic nitrogens is 2. The molecule has 0 aliphatic carbocycles. The quantitative estimate of drug-likeness (QED) is 0.663. The van der Waals surface area contributed by atoms with Crippen LogP contribution in [0.15, 0.2) is 47.2 Å². The second kappa shape index (κ2) is 5.29. The van der Waals surface area contributed by atoms with Crippen molar-refractivity contribution in [2.75, 3.05) is 7.11 Å². The number of rotatable bonds is 2. The Morgan fingerprint density at radius 1 is 1.33 bits per heavy atom. The average molecular weight is 349 g/mol. The molecule has 0 saturated heterocycles. The zero-order valence-electron chi connectivity index (χ0n) is 11.0. The molecule has 0 atom stereocenters. The van der Waals surface area contributed by atoms with Gasteiger partial charge in [-0.15, -0.1) is 0 Å². The van der Waals surface area contributed by atoms with Crippen molar-refractivity contribution in [2.24, 2.45) is 0 Å². The van der Waals surface area contributed by atoms with E-state index >= 15 is 0 Å². The van der Waals surface area contributed by atoms with E-state index in [4.69, 9.17) is 0 Å². The number of benzene rings is 1. The summed E-state index contributed by atoms with van der Waals surface area (Å²) in [6, 6.07) is 7.72. The number of hydrogen-bond acceptors (Lipinski definition) is 3. The number of fused-ring (bicyclic) bond motifs is 1. The minimum Gasteiger partial charge on any atom is -0.465 e. The number of carbonyl (C=O) groups is 1. The molecule has 0 radical (unpaired) electrons. The second-order valence-corrected chi connectivity index (χ2v) is 5.28. The monoisotopic (exact) mass is 348 g/mol. The van der Waals surface area contributed by atoms with E-state index in [1.807, 2.05) is 6.20 Å². The number of ether oxygens (including phenoxy) is 1. The molecule has 0 aliphatic rings. The van der Waals surface area contributed by atoms with E-state index in [0.717, 1.165) is 5.56 Å². The van der Waals surface area contributed by atoms with Gasteiger partial charge in [0, 0.05) is 22.4 Å². The van der Waals surface area contributed by atoms with Gasteiger partial charge in [-0.05, 0) is 46.3 Å². The molecule has 6 heteroatoms. The van der Waals surface area contributed by atoms with E-state index in [-0.39, 0.29) is 5.82 Å². The Morgan fingerprint density at radius 3 is 2.86 bits per heavy atom. The largest absolute Gasteiger partial charge is 0.465 e. The number of pyridine rings is 1. The minimum atomic E-state index is -0.412. The van der Waals surface area contributed by atoms with E-state index in [9.17, 15) is 9.18 Å². The van der Waals surface area contributed by atoms with Gasteiger partial charge in [0.05, 0.1) is 18.4 Å². The fourth-order valence-corrected chi connectivity index (χ4v) is 2.61. The lowest BCUT2D eigenvalue weighted by Gasteiger charge is -1.99. The zero-order chi connectivity index (χ0) is 15.0. The number of methoxy groups -OCH3 is 1. The third-order valence-corrected chi connectivity index (χ3v) is 3.74. The zero-order valence-corrected chi connectivity index (χ0v) is 12.6. The molecule has 0 N–H and O–H groups in total. The number of halogens is 2. The van der Waals surface area contributed by atoms with E-state index in [2.05, 4.69) is 25.7 Å². The van der Waals surface area contributed by atoms with E-state index in [1.165, 1.54) is 19.2 Å². The summed E-state index contributed by atoms with van der Waals surface area (Å²) in [5.41, 5.74) is 2.51. The van der Waals surface area contributed by atoms with Gasteiger partial charge < -0.3 is 9.14 Å². The van der Waals surface area contributed by atoms with E-state index < -0.39 is 5.97 Å². The van der Waals surface area contributed by atoms with Gasteiger partial charge in [0.2, 0.25) is 0 Å². The third-order valence-electron chi connectivity index (χ3n) is 3.09. The van der Waals surface area contributed by atoms with Gasteiger partial charge in [-0.3, -0.25) is 0 Å². The first-order valence-corrected chi connectivity index (χ1v) is 6.90. The van der Waals surface area contributed by atoms with Crippen LogP contribution < -0.4 is 0 Å². The van der Waals surface area contributed by atoms with Crippen LogP contribution in [0.1, 0.15) is 10.4 Å². The Balaban J connectivity index is 2.10. The lowest BCUT2D eigenvalue weighted by atomic mass is 10.2. The Morgan fingerprint density at radius 2 is 2.14 bits per heavy atom. The van der Waals surface area contributed by atoms with Crippen molar-refractivity contribution in [2.45, 2.75) is 0 Å². The molecule has 106 valence electrons. The molecule has 0 fully saturated rings. The first kappa shape index (κ1) is 13.8. The van der Waals surface area contributed by atoms with Crippen molar-refractivity contribution in [3.63, 3.8) is 0 Å². The molecule has 2 aromatic heterocycles. The molecule has 0 saturated carbocycles. The number of carbonyl (C=O) groups excluding carboxylic acids is 1. The summed E-state index contributed by atoms with van der Waals surface area (Å²) in [7, 11) is 1.33. The van der Waals surface area contributed by atoms with Crippen molar-refractivity contribution in [3.8, 4) is 11.3 Å². The summed E-state index contributed by atoms with van der Waals surface area (Å²) < 4.78 is 20.2. The van der Waals surface area contributed by atoms with Gasteiger partial charge in [-0.2, -0.15) is 0 Å². The summed E-state index contributed by atoms with van der Waals surface area (Å²) in [5.74, 6) is -0.729. The highest BCUT2D eigenvalue weighted by Gasteiger charge is 2.11. The van der Waals surface area contributed by atoms with E-state index in [0.29, 0.717) is 21.4 Å². The predicted octanol–water partition coefficient (Wildman–Crippen LogP) is 3.69. The minimum absolute atomic E-state index is 0.317. The summed E-state index contributed by atoms with van der Waals surface area (Å²) >= 11 is 3.33. The Labute approximate surface area is 128 Å². The molecule has 0 aliphatic heterocycles. The standard InChI is InChI=1S/C15H10BrFN2O2/c1-21-15(20)9-4-5-19-8-13(18-14(19)6-9)11-3-2-10(17)7-12(11)16/h2-8H,1H3. The maximum absolute atomic E-state index is 13.1. The first-order valence-electron chi connectivity index (χ1n) is 6.11. The number of imidazole rings is 1. The van der Waals surface area contributed by atoms with Gasteiger partial charge in [0.1, 0.15) is 11.5 Å². The molecule has 0 amide bonds. The molecule has 1 aromatic carbocycles. The van der Waals surface area contributed by atoms with Crippen LogP contribution in [0.3, 0.4) is 0 Å². The predicted molar refractivity (Wildman–Crippen MR) is 79.6 cm³/mol. The number of nitrogens with zero attached hydrogens (tertiary/aromatic N) is 2. The SMILES string of the molecule is COC(=O)c1ccn2cc(-c3ccc(F)cc3Br)nc2c1. The van der Waals surface area contributed by atoms with Gasteiger partial charge in [0.25, 0.3) is 0 Å². The highest BCUT2D eigenvalue weighted by atomic mass is 79.9. The van der Waals surface area contributed by atoms with Gasteiger partial charge in [-0.25, -0.2) is 14.2 Å². The summed E-state index contributed by atoms with van der Waals surface area (Å²) in [6.45, 7) is 0. The van der Waals surface area contributed by atoms with Crippen LogP contribution in [-0.2, 0) is 4.74 Å². The first-order chi connectivity index (χ1) is 10.1. The van der Waals surface area contributed by atoms with Crippen LogP contribution in [-0.4, -0.2) is 22.5 Å². The summed E-state index contributed by atoms with van der Waals surface area (Å²) in [6.07, 6.45) is 3.55. The maximum Gasteiger partial charge on any atom is 0.338 e. The van der Waals surface area contributed by atoms with Crippen LogP contribution in [0, 0.1) is 5.82 Å². The third kappa shape index (κ3) is 2.54. The molecule has 2 heterocycles. The molecular weight excluding hydrogens is 339 g/mol. The molecular formula is C15H10BrFN2O2. The second-order valence-electron chi connectivity index (χ2n) is 4.42. The maximum atomic E-state index is 13.1. The molecule has 0 bridgehead atoms. The fraction of sp³-hybridized carbons (Fsp3) is 0.0667. The fourth-order valence-electron chi connectivity index (χ4n) is 2.05. The normalized spacial score (nSPS) is 10.8. The lowest BCUT2D eigenvalue weighted by molar-refractivity contribution is 0.0600. The van der Waals surface area contributed by atoms with Crippen molar-refractivity contribution >= 4 is 27.5 Å². The highest BCUT2D eigenvalue weighted by molar-refractivity contribution is 9.10. The molecule has 21 heavy (non-hydrogen) atoms. The van der Waals surface area contributed by atoms with Crippen molar-refractivity contribution < 1.29 is 13.9 Å². The number of hydrogen-bond donors (Lipinski definition) is 0. The van der Waals surface area contributed by atoms with Crippen molar-refractivity contribution in [1.82, 2.24) is 9.38 Å². The molecule has 0 unspecified atom stereocenters. The smallest absolute Gasteiger partial charge is 0.338 e. The van der Waals surface area contributed by atoms with E-state index in [1.54, 1.807) is 28.8 Å². The van der Waals surface area contributed by atoms with Crippen molar-refractivity contribution in [1.29, 1.82) is 0 Å². The molecule has 4 nitrogen and oxygen atoms in total. The summed E-state index contributed by atoms with van der Waals surface area (Å²) in [4.78, 5) is 16.0. The van der Waals surface area contributed by atoms with Crippen LogP contribution >= 0.6 is 15.9 Å². The van der Waals surface area contributed by atoms with Gasteiger partial charge >= 0.3 is 5.97 Å². The van der Waals surface area contributed by atoms with Crippen LogP contribution in [0.4, 0.5) is 4.39 Å². The van der Waals surface area contributed by atoms with Gasteiger partial charge in [0.15, 0.2) is 0 Å². The van der Waals surface area contributed by atoms with Crippen LogP contribution in [0.5, 0.6) is 0 Å².